The summed E-state index contributed by atoms with van der Waals surface area (Å²) in [6.45, 7) is 1.45. The number of hydrogen-bond acceptors (Lipinski definition) is 4. The van der Waals surface area contributed by atoms with Crippen LogP contribution in [0.4, 0.5) is 0 Å². The molecule has 0 aliphatic carbocycles. The summed E-state index contributed by atoms with van der Waals surface area (Å²) < 4.78 is 0. The summed E-state index contributed by atoms with van der Waals surface area (Å²) in [7, 11) is 0. The second kappa shape index (κ2) is 4.20. The van der Waals surface area contributed by atoms with E-state index in [1.165, 1.54) is 6.92 Å². The lowest BCUT2D eigenvalue weighted by molar-refractivity contribution is -0.161. The van der Waals surface area contributed by atoms with E-state index in [0.29, 0.717) is 0 Å². The third kappa shape index (κ3) is 3.00. The fourth-order valence-electron chi connectivity index (χ4n) is 0.834. The van der Waals surface area contributed by atoms with Crippen molar-refractivity contribution in [3.63, 3.8) is 0 Å². The molecule has 13 heavy (non-hydrogen) atoms. The zero-order valence-corrected chi connectivity index (χ0v) is 7.23. The maximum atomic E-state index is 10.5. The van der Waals surface area contributed by atoms with Crippen molar-refractivity contribution in [1.82, 2.24) is 0 Å². The number of carboxylic acid groups (broad SMARTS) is 2. The fourth-order valence-corrected chi connectivity index (χ4v) is 0.834. The summed E-state index contributed by atoms with van der Waals surface area (Å²) in [5.74, 6) is -2.78. The molecule has 2 atom stereocenters. The van der Waals surface area contributed by atoms with Gasteiger partial charge in [-0.05, 0) is 6.42 Å². The van der Waals surface area contributed by atoms with Crippen molar-refractivity contribution >= 4 is 11.9 Å². The van der Waals surface area contributed by atoms with Gasteiger partial charge in [0.15, 0.2) is 5.60 Å². The molecule has 0 saturated carbocycles. The van der Waals surface area contributed by atoms with E-state index in [4.69, 9.17) is 15.9 Å². The summed E-state index contributed by atoms with van der Waals surface area (Å²) in [6.07, 6.45) is -0.572. The van der Waals surface area contributed by atoms with Crippen LogP contribution in [0.2, 0.25) is 0 Å². The molecule has 0 aromatic heterocycles. The van der Waals surface area contributed by atoms with Gasteiger partial charge in [-0.1, -0.05) is 6.92 Å². The molecular weight excluding hydrogens is 178 g/mol. The predicted octanol–water partition coefficient (Wildman–Crippen LogP) is -0.986. The molecule has 0 amide bonds. The molecule has 0 radical (unpaired) electrons. The summed E-state index contributed by atoms with van der Waals surface area (Å²) in [5, 5.41) is 26.3. The Kier molecular flexibility index (Phi) is 3.83. The highest BCUT2D eigenvalue weighted by Crippen LogP contribution is 2.16. The maximum absolute atomic E-state index is 10.5. The first kappa shape index (κ1) is 11.9. The monoisotopic (exact) mass is 191 g/mol. The van der Waals surface area contributed by atoms with Gasteiger partial charge in [-0.25, -0.2) is 4.79 Å². The molecule has 6 nitrogen and oxygen atoms in total. The maximum Gasteiger partial charge on any atom is 0.335 e. The van der Waals surface area contributed by atoms with E-state index in [2.05, 4.69) is 0 Å². The van der Waals surface area contributed by atoms with Crippen LogP contribution in [-0.4, -0.2) is 38.9 Å². The van der Waals surface area contributed by atoms with Crippen LogP contribution in [0.1, 0.15) is 19.8 Å². The van der Waals surface area contributed by atoms with Crippen LogP contribution in [0.15, 0.2) is 0 Å². The van der Waals surface area contributed by atoms with Crippen molar-refractivity contribution in [2.24, 2.45) is 5.73 Å². The van der Waals surface area contributed by atoms with Crippen molar-refractivity contribution in [2.75, 3.05) is 0 Å². The Bertz CT molecular complexity index is 217. The van der Waals surface area contributed by atoms with E-state index in [1.807, 2.05) is 0 Å². The molecule has 6 heteroatoms. The average molecular weight is 191 g/mol. The summed E-state index contributed by atoms with van der Waals surface area (Å²) in [4.78, 5) is 20.8. The Balaban J connectivity index is 4.45. The van der Waals surface area contributed by atoms with Crippen LogP contribution < -0.4 is 5.73 Å². The number of aliphatic carboxylic acids is 2. The van der Waals surface area contributed by atoms with Gasteiger partial charge in [0.25, 0.3) is 0 Å². The fraction of sp³-hybridized carbons (Fsp3) is 0.714. The van der Waals surface area contributed by atoms with Crippen LogP contribution in [-0.2, 0) is 9.59 Å². The van der Waals surface area contributed by atoms with Crippen LogP contribution in [0.3, 0.4) is 0 Å². The van der Waals surface area contributed by atoms with Gasteiger partial charge in [-0.2, -0.15) is 0 Å². The molecule has 5 N–H and O–H groups in total. The topological polar surface area (TPSA) is 121 Å². The highest BCUT2D eigenvalue weighted by atomic mass is 16.4. The molecule has 0 heterocycles. The second-order valence-electron chi connectivity index (χ2n) is 2.84. The van der Waals surface area contributed by atoms with Gasteiger partial charge in [0.2, 0.25) is 0 Å². The first-order chi connectivity index (χ1) is 5.83. The van der Waals surface area contributed by atoms with E-state index in [-0.39, 0.29) is 6.42 Å². The van der Waals surface area contributed by atoms with Gasteiger partial charge < -0.3 is 21.1 Å². The van der Waals surface area contributed by atoms with Crippen LogP contribution >= 0.6 is 0 Å². The average Bonchev–Trinajstić information content (AvgIpc) is 2.03. The summed E-state index contributed by atoms with van der Waals surface area (Å²) >= 11 is 0. The minimum Gasteiger partial charge on any atom is -0.480 e. The molecule has 76 valence electrons. The summed E-state index contributed by atoms with van der Waals surface area (Å²) in [5.41, 5.74) is 3.05. The molecule has 0 saturated heterocycles. The Morgan fingerprint density at radius 2 is 1.92 bits per heavy atom. The molecule has 0 rings (SSSR count). The van der Waals surface area contributed by atoms with Gasteiger partial charge >= 0.3 is 11.9 Å². The highest BCUT2D eigenvalue weighted by Gasteiger charge is 2.37. The van der Waals surface area contributed by atoms with Gasteiger partial charge in [0.05, 0.1) is 0 Å². The molecule has 0 aromatic rings. The normalized spacial score (nSPS) is 17.5. The van der Waals surface area contributed by atoms with E-state index < -0.39 is 30.0 Å². The van der Waals surface area contributed by atoms with Gasteiger partial charge in [0, 0.05) is 6.42 Å². The first-order valence-corrected chi connectivity index (χ1v) is 3.77. The number of nitrogens with two attached hydrogens (primary N) is 1. The Morgan fingerprint density at radius 3 is 2.15 bits per heavy atom. The SMILES string of the molecule is CC[C@](O)(C[C@H](N)C(=O)O)C(=O)O. The third-order valence-corrected chi connectivity index (χ3v) is 1.86. The van der Waals surface area contributed by atoms with Gasteiger partial charge in [-0.15, -0.1) is 0 Å². The van der Waals surface area contributed by atoms with E-state index in [0.717, 1.165) is 0 Å². The lowest BCUT2D eigenvalue weighted by atomic mass is 9.92. The van der Waals surface area contributed by atoms with Crippen molar-refractivity contribution in [1.29, 1.82) is 0 Å². The predicted molar refractivity (Wildman–Crippen MR) is 43.1 cm³/mol. The van der Waals surface area contributed by atoms with Crippen LogP contribution in [0.5, 0.6) is 0 Å². The van der Waals surface area contributed by atoms with E-state index in [9.17, 15) is 14.7 Å². The molecule has 0 spiro atoms. The van der Waals surface area contributed by atoms with Crippen LogP contribution in [0, 0.1) is 0 Å². The van der Waals surface area contributed by atoms with E-state index >= 15 is 0 Å². The number of carboxylic acids is 2. The first-order valence-electron chi connectivity index (χ1n) is 3.77. The Hall–Kier alpha value is -1.14. The number of aliphatic hydroxyl groups is 1. The molecule has 0 fully saturated rings. The Morgan fingerprint density at radius 1 is 1.46 bits per heavy atom. The quantitative estimate of drug-likeness (QED) is 0.443. The standard InChI is InChI=1S/C7H13NO5/c1-2-7(13,6(11)12)3-4(8)5(9)10/h4,13H,2-3,8H2,1H3,(H,9,10)(H,11,12)/t4-,7-/m0/s1. The molecule has 0 aliphatic rings. The zero-order chi connectivity index (χ0) is 10.6. The largest absolute Gasteiger partial charge is 0.480 e. The van der Waals surface area contributed by atoms with Crippen LogP contribution in [0.25, 0.3) is 0 Å². The molecular formula is C7H13NO5. The summed E-state index contributed by atoms with van der Waals surface area (Å²) in [6, 6.07) is -1.36. The smallest absolute Gasteiger partial charge is 0.335 e. The van der Waals surface area contributed by atoms with Gasteiger partial charge in [-0.3, -0.25) is 4.79 Å². The Labute approximate surface area is 75.0 Å². The minimum atomic E-state index is -2.04. The third-order valence-electron chi connectivity index (χ3n) is 1.86. The lowest BCUT2D eigenvalue weighted by Crippen LogP contribution is -2.46. The molecule has 0 aliphatic heterocycles. The highest BCUT2D eigenvalue weighted by molar-refractivity contribution is 5.79. The van der Waals surface area contributed by atoms with Crippen molar-refractivity contribution in [3.8, 4) is 0 Å². The molecule has 0 bridgehead atoms. The zero-order valence-electron chi connectivity index (χ0n) is 7.23. The second-order valence-corrected chi connectivity index (χ2v) is 2.84. The molecule has 0 unspecified atom stereocenters. The number of carbonyl (C=O) groups is 2. The molecule has 0 aromatic carbocycles. The van der Waals surface area contributed by atoms with Crippen molar-refractivity contribution in [3.05, 3.63) is 0 Å². The van der Waals surface area contributed by atoms with Crippen molar-refractivity contribution in [2.45, 2.75) is 31.4 Å². The minimum absolute atomic E-state index is 0.0800. The lowest BCUT2D eigenvalue weighted by Gasteiger charge is -2.23. The van der Waals surface area contributed by atoms with E-state index in [1.54, 1.807) is 0 Å². The number of rotatable bonds is 5. The van der Waals surface area contributed by atoms with Gasteiger partial charge in [0.1, 0.15) is 6.04 Å². The number of hydrogen-bond donors (Lipinski definition) is 4. The van der Waals surface area contributed by atoms with Crippen molar-refractivity contribution < 1.29 is 24.9 Å².